The highest BCUT2D eigenvalue weighted by Crippen LogP contribution is 2.38. The molecule has 0 spiro atoms. The molecule has 1 atom stereocenters. The van der Waals surface area contributed by atoms with Crippen LogP contribution in [-0.4, -0.2) is 21.6 Å². The van der Waals surface area contributed by atoms with Gasteiger partial charge in [0.05, 0.1) is 10.2 Å². The number of nitrogens with zero attached hydrogens (tertiary/aromatic N) is 2. The van der Waals surface area contributed by atoms with Crippen LogP contribution in [0.15, 0.2) is 10.7 Å². The molecule has 4 nitrogen and oxygen atoms in total. The molecular weight excluding hydrogens is 246 g/mol. The van der Waals surface area contributed by atoms with E-state index in [-0.39, 0.29) is 6.54 Å². The Balaban J connectivity index is 2.31. The fourth-order valence-corrected chi connectivity index (χ4v) is 1.73. The molecule has 1 aromatic heterocycles. The summed E-state index contributed by atoms with van der Waals surface area (Å²) in [6, 6.07) is 0. The van der Waals surface area contributed by atoms with E-state index in [0.29, 0.717) is 11.6 Å². The van der Waals surface area contributed by atoms with E-state index in [1.54, 1.807) is 6.20 Å². The van der Waals surface area contributed by atoms with E-state index in [9.17, 15) is 5.11 Å². The SMILES string of the molecule is NC[C@H](O)c1nc(C2CC2)ncc1Br. The van der Waals surface area contributed by atoms with Gasteiger partial charge in [-0.3, -0.25) is 0 Å². The van der Waals surface area contributed by atoms with Gasteiger partial charge in [0, 0.05) is 18.7 Å². The number of nitrogens with two attached hydrogens (primary N) is 1. The van der Waals surface area contributed by atoms with Gasteiger partial charge < -0.3 is 10.8 Å². The van der Waals surface area contributed by atoms with Crippen molar-refractivity contribution in [2.24, 2.45) is 5.73 Å². The molecule has 1 fully saturated rings. The van der Waals surface area contributed by atoms with Gasteiger partial charge >= 0.3 is 0 Å². The number of aliphatic hydroxyl groups excluding tert-OH is 1. The predicted molar refractivity (Wildman–Crippen MR) is 55.7 cm³/mol. The van der Waals surface area contributed by atoms with Crippen LogP contribution in [0.5, 0.6) is 0 Å². The van der Waals surface area contributed by atoms with Gasteiger partial charge in [-0.2, -0.15) is 0 Å². The molecule has 0 amide bonds. The second-order valence-corrected chi connectivity index (χ2v) is 4.34. The van der Waals surface area contributed by atoms with E-state index in [1.807, 2.05) is 0 Å². The first kappa shape index (κ1) is 10.0. The standard InChI is InChI=1S/C9H12BrN3O/c10-6-4-12-9(5-1-2-5)13-8(6)7(14)3-11/h4-5,7,14H,1-3,11H2/t7-/m0/s1. The molecule has 0 aliphatic heterocycles. The molecule has 5 heteroatoms. The molecule has 1 aliphatic rings. The Morgan fingerprint density at radius 3 is 2.93 bits per heavy atom. The summed E-state index contributed by atoms with van der Waals surface area (Å²) in [6.45, 7) is 0.180. The van der Waals surface area contributed by atoms with Crippen molar-refractivity contribution in [2.45, 2.75) is 24.9 Å². The molecule has 1 heterocycles. The maximum atomic E-state index is 9.59. The smallest absolute Gasteiger partial charge is 0.131 e. The Labute approximate surface area is 90.7 Å². The molecule has 0 aromatic carbocycles. The van der Waals surface area contributed by atoms with Crippen molar-refractivity contribution in [1.82, 2.24) is 9.97 Å². The van der Waals surface area contributed by atoms with Gasteiger partial charge in [0.2, 0.25) is 0 Å². The summed E-state index contributed by atoms with van der Waals surface area (Å²) >= 11 is 3.30. The van der Waals surface area contributed by atoms with Crippen LogP contribution in [0.25, 0.3) is 0 Å². The van der Waals surface area contributed by atoms with Crippen molar-refractivity contribution in [1.29, 1.82) is 0 Å². The van der Waals surface area contributed by atoms with Crippen LogP contribution in [0, 0.1) is 0 Å². The van der Waals surface area contributed by atoms with Crippen molar-refractivity contribution in [3.8, 4) is 0 Å². The summed E-state index contributed by atoms with van der Waals surface area (Å²) in [7, 11) is 0. The van der Waals surface area contributed by atoms with Crippen molar-refractivity contribution < 1.29 is 5.11 Å². The first-order chi connectivity index (χ1) is 6.72. The van der Waals surface area contributed by atoms with Crippen LogP contribution < -0.4 is 5.73 Å². The molecule has 76 valence electrons. The highest BCUT2D eigenvalue weighted by atomic mass is 79.9. The molecule has 1 aromatic rings. The molecule has 14 heavy (non-hydrogen) atoms. The van der Waals surface area contributed by atoms with Crippen LogP contribution >= 0.6 is 15.9 Å². The molecular formula is C9H12BrN3O. The summed E-state index contributed by atoms with van der Waals surface area (Å²) in [6.07, 6.45) is 3.29. The first-order valence-electron chi connectivity index (χ1n) is 4.63. The lowest BCUT2D eigenvalue weighted by Gasteiger charge is -2.10. The van der Waals surface area contributed by atoms with Crippen molar-refractivity contribution in [3.63, 3.8) is 0 Å². The molecule has 2 rings (SSSR count). The number of aliphatic hydroxyl groups is 1. The van der Waals surface area contributed by atoms with Crippen LogP contribution in [-0.2, 0) is 0 Å². The number of hydrogen-bond donors (Lipinski definition) is 2. The normalized spacial score (nSPS) is 18.2. The van der Waals surface area contributed by atoms with E-state index in [2.05, 4.69) is 25.9 Å². The zero-order chi connectivity index (χ0) is 10.1. The number of rotatable bonds is 3. The van der Waals surface area contributed by atoms with E-state index >= 15 is 0 Å². The highest BCUT2D eigenvalue weighted by molar-refractivity contribution is 9.10. The van der Waals surface area contributed by atoms with Crippen molar-refractivity contribution in [2.75, 3.05) is 6.54 Å². The van der Waals surface area contributed by atoms with Crippen LogP contribution in [0.1, 0.15) is 36.4 Å². The van der Waals surface area contributed by atoms with Gasteiger partial charge in [0.1, 0.15) is 11.9 Å². The average molecular weight is 258 g/mol. The third-order valence-corrected chi connectivity index (χ3v) is 2.88. The van der Waals surface area contributed by atoms with Gasteiger partial charge in [0.25, 0.3) is 0 Å². The second-order valence-electron chi connectivity index (χ2n) is 3.49. The average Bonchev–Trinajstić information content (AvgIpc) is 3.01. The minimum atomic E-state index is -0.704. The summed E-state index contributed by atoms with van der Waals surface area (Å²) in [5, 5.41) is 9.59. The first-order valence-corrected chi connectivity index (χ1v) is 5.42. The van der Waals surface area contributed by atoms with Gasteiger partial charge in [-0.15, -0.1) is 0 Å². The van der Waals surface area contributed by atoms with Crippen molar-refractivity contribution >= 4 is 15.9 Å². The fourth-order valence-electron chi connectivity index (χ4n) is 1.28. The zero-order valence-electron chi connectivity index (χ0n) is 7.65. The predicted octanol–water partition coefficient (Wildman–Crippen LogP) is 1.11. The quantitative estimate of drug-likeness (QED) is 0.851. The number of aromatic nitrogens is 2. The molecule has 1 saturated carbocycles. The topological polar surface area (TPSA) is 72.0 Å². The zero-order valence-corrected chi connectivity index (χ0v) is 9.24. The van der Waals surface area contributed by atoms with Gasteiger partial charge in [-0.25, -0.2) is 9.97 Å². The van der Waals surface area contributed by atoms with Crippen LogP contribution in [0.4, 0.5) is 0 Å². The molecule has 0 bridgehead atoms. The van der Waals surface area contributed by atoms with Gasteiger partial charge in [0.15, 0.2) is 0 Å². The lowest BCUT2D eigenvalue weighted by molar-refractivity contribution is 0.180. The van der Waals surface area contributed by atoms with E-state index in [4.69, 9.17) is 5.73 Å². The Morgan fingerprint density at radius 2 is 2.36 bits per heavy atom. The highest BCUT2D eigenvalue weighted by Gasteiger charge is 2.27. The van der Waals surface area contributed by atoms with E-state index in [1.165, 1.54) is 0 Å². The summed E-state index contributed by atoms with van der Waals surface area (Å²) in [5.41, 5.74) is 5.98. The lowest BCUT2D eigenvalue weighted by Crippen LogP contribution is -2.14. The minimum absolute atomic E-state index is 0.180. The van der Waals surface area contributed by atoms with Crippen LogP contribution in [0.3, 0.4) is 0 Å². The van der Waals surface area contributed by atoms with Crippen LogP contribution in [0.2, 0.25) is 0 Å². The van der Waals surface area contributed by atoms with Crippen molar-refractivity contribution in [3.05, 3.63) is 22.2 Å². The molecule has 0 saturated heterocycles. The molecule has 1 aliphatic carbocycles. The molecule has 0 radical (unpaired) electrons. The van der Waals surface area contributed by atoms with E-state index < -0.39 is 6.10 Å². The Morgan fingerprint density at radius 1 is 1.64 bits per heavy atom. The lowest BCUT2D eigenvalue weighted by atomic mass is 10.2. The largest absolute Gasteiger partial charge is 0.385 e. The second kappa shape index (κ2) is 3.92. The summed E-state index contributed by atoms with van der Waals surface area (Å²) in [5.74, 6) is 1.32. The summed E-state index contributed by atoms with van der Waals surface area (Å²) in [4.78, 5) is 8.52. The van der Waals surface area contributed by atoms with Gasteiger partial charge in [-0.1, -0.05) is 0 Å². The Hall–Kier alpha value is -0.520. The number of halogens is 1. The minimum Gasteiger partial charge on any atom is -0.385 e. The fraction of sp³-hybridized carbons (Fsp3) is 0.556. The monoisotopic (exact) mass is 257 g/mol. The third-order valence-electron chi connectivity index (χ3n) is 2.27. The molecule has 3 N–H and O–H groups in total. The molecule has 0 unspecified atom stereocenters. The van der Waals surface area contributed by atoms with E-state index in [0.717, 1.165) is 23.1 Å². The number of hydrogen-bond acceptors (Lipinski definition) is 4. The third kappa shape index (κ3) is 1.94. The maximum absolute atomic E-state index is 9.59. The Bertz CT molecular complexity index is 341. The summed E-state index contributed by atoms with van der Waals surface area (Å²) < 4.78 is 0.722. The maximum Gasteiger partial charge on any atom is 0.131 e. The Kier molecular flexibility index (Phi) is 2.80. The van der Waals surface area contributed by atoms with Gasteiger partial charge in [-0.05, 0) is 28.8 Å².